The van der Waals surface area contributed by atoms with E-state index in [1.165, 1.54) is 56.6 Å². The highest BCUT2D eigenvalue weighted by molar-refractivity contribution is 7.92. The minimum Gasteiger partial charge on any atom is -0.495 e. The molecule has 0 heterocycles. The minimum absolute atomic E-state index is 0.00159. The number of anilines is 1. The Bertz CT molecular complexity index is 1700. The Morgan fingerprint density at radius 1 is 0.851 bits per heavy atom. The number of amides is 2. The molecule has 1 fully saturated rings. The Balaban J connectivity index is 1.78. The van der Waals surface area contributed by atoms with Crippen molar-refractivity contribution in [3.8, 4) is 17.2 Å². The highest BCUT2D eigenvalue weighted by Gasteiger charge is 2.35. The van der Waals surface area contributed by atoms with Gasteiger partial charge in [-0.25, -0.2) is 8.42 Å². The molecule has 0 radical (unpaired) electrons. The van der Waals surface area contributed by atoms with Crippen molar-refractivity contribution in [3.05, 3.63) is 75.2 Å². The molecule has 1 aliphatic rings. The number of ether oxygens (including phenoxy) is 3. The molecule has 2 amide bonds. The minimum atomic E-state index is -4.47. The van der Waals surface area contributed by atoms with Gasteiger partial charge in [0.1, 0.15) is 18.3 Å². The summed E-state index contributed by atoms with van der Waals surface area (Å²) in [4.78, 5) is 29.1. The summed E-state index contributed by atoms with van der Waals surface area (Å²) in [6.45, 7) is 0.863. The van der Waals surface area contributed by atoms with Crippen molar-refractivity contribution in [1.29, 1.82) is 0 Å². The van der Waals surface area contributed by atoms with Crippen LogP contribution in [0.15, 0.2) is 59.5 Å². The lowest BCUT2D eigenvalue weighted by atomic mass is 9.95. The molecule has 3 aromatic carbocycles. The molecular weight excluding hydrogens is 689 g/mol. The summed E-state index contributed by atoms with van der Waals surface area (Å²) in [6.07, 6.45) is 4.84. The summed E-state index contributed by atoms with van der Waals surface area (Å²) in [7, 11) is -0.274. The summed E-state index contributed by atoms with van der Waals surface area (Å²) < 4.78 is 45.8. The number of carbonyl (C=O) groups is 2. The van der Waals surface area contributed by atoms with Crippen LogP contribution in [0, 0.1) is 0 Å². The molecule has 1 aliphatic carbocycles. The predicted octanol–water partition coefficient (Wildman–Crippen LogP) is 6.73. The van der Waals surface area contributed by atoms with E-state index in [0.29, 0.717) is 16.3 Å². The third kappa shape index (κ3) is 8.76. The summed E-state index contributed by atoms with van der Waals surface area (Å²) >= 11 is 18.8. The number of sulfonamides is 1. The molecule has 47 heavy (non-hydrogen) atoms. The van der Waals surface area contributed by atoms with E-state index in [1.54, 1.807) is 31.2 Å². The highest BCUT2D eigenvalue weighted by atomic mass is 35.5. The summed E-state index contributed by atoms with van der Waals surface area (Å²) in [5.41, 5.74) is 0.622. The summed E-state index contributed by atoms with van der Waals surface area (Å²) in [6, 6.07) is 12.5. The van der Waals surface area contributed by atoms with Crippen molar-refractivity contribution < 1.29 is 32.2 Å². The van der Waals surface area contributed by atoms with Gasteiger partial charge in [0.05, 0.1) is 42.0 Å². The number of benzene rings is 3. The fraction of sp³-hybridized carbons (Fsp3) is 0.394. The smallest absolute Gasteiger partial charge is 0.265 e. The third-order valence-electron chi connectivity index (χ3n) is 8.09. The predicted molar refractivity (Wildman–Crippen MR) is 184 cm³/mol. The molecule has 1 atom stereocenters. The fourth-order valence-corrected chi connectivity index (χ4v) is 7.38. The standard InChI is InChI=1S/C33H38Cl3N3O7S/c1-21(33(41)37-24-8-6-5-7-9-24)38(19-22-10-13-26(35)27(36)16-22)32(40)20-39(28-17-23(34)11-14-29(28)44-2)47(42,43)25-12-15-30(45-3)31(18-25)46-4/h10-18,21,24H,5-9,19-20H2,1-4H3,(H,37,41)/t21-/m1/s1. The van der Waals surface area contributed by atoms with Gasteiger partial charge in [-0.05, 0) is 67.8 Å². The second-order valence-corrected chi connectivity index (χ2v) is 14.2. The summed E-state index contributed by atoms with van der Waals surface area (Å²) in [5.74, 6) is -0.356. The van der Waals surface area contributed by atoms with Gasteiger partial charge in [0.15, 0.2) is 11.5 Å². The molecule has 10 nitrogen and oxygen atoms in total. The fourth-order valence-electron chi connectivity index (χ4n) is 5.46. The van der Waals surface area contributed by atoms with Crippen molar-refractivity contribution in [3.63, 3.8) is 0 Å². The van der Waals surface area contributed by atoms with Crippen LogP contribution in [0.4, 0.5) is 5.69 Å². The maximum Gasteiger partial charge on any atom is 0.265 e. The quantitative estimate of drug-likeness (QED) is 0.208. The van der Waals surface area contributed by atoms with Crippen LogP contribution in [0.3, 0.4) is 0 Å². The van der Waals surface area contributed by atoms with Crippen LogP contribution in [-0.2, 0) is 26.2 Å². The molecule has 0 unspecified atom stereocenters. The number of halogens is 3. The zero-order chi connectivity index (χ0) is 34.3. The first-order valence-electron chi connectivity index (χ1n) is 15.0. The van der Waals surface area contributed by atoms with Crippen molar-refractivity contribution in [2.45, 2.75) is 62.6 Å². The number of carbonyl (C=O) groups excluding carboxylic acids is 2. The topological polar surface area (TPSA) is 114 Å². The highest BCUT2D eigenvalue weighted by Crippen LogP contribution is 2.37. The number of rotatable bonds is 13. The lowest BCUT2D eigenvalue weighted by molar-refractivity contribution is -0.139. The number of hydrogen-bond acceptors (Lipinski definition) is 7. The zero-order valence-electron chi connectivity index (χ0n) is 26.6. The lowest BCUT2D eigenvalue weighted by Gasteiger charge is -2.33. The van der Waals surface area contributed by atoms with Crippen molar-refractivity contribution in [2.24, 2.45) is 0 Å². The number of nitrogens with one attached hydrogen (secondary N) is 1. The monoisotopic (exact) mass is 725 g/mol. The Morgan fingerprint density at radius 3 is 2.15 bits per heavy atom. The first kappa shape index (κ1) is 36.5. The van der Waals surface area contributed by atoms with E-state index < -0.39 is 28.5 Å². The molecule has 0 aliphatic heterocycles. The lowest BCUT2D eigenvalue weighted by Crippen LogP contribution is -2.53. The molecule has 0 spiro atoms. The van der Waals surface area contributed by atoms with Gasteiger partial charge in [-0.2, -0.15) is 0 Å². The van der Waals surface area contributed by atoms with Crippen LogP contribution in [0.1, 0.15) is 44.6 Å². The third-order valence-corrected chi connectivity index (χ3v) is 10.8. The van der Waals surface area contributed by atoms with E-state index in [-0.39, 0.29) is 50.6 Å². The van der Waals surface area contributed by atoms with Gasteiger partial charge in [-0.1, -0.05) is 60.1 Å². The van der Waals surface area contributed by atoms with E-state index in [4.69, 9.17) is 49.0 Å². The van der Waals surface area contributed by atoms with Gasteiger partial charge in [0.2, 0.25) is 11.8 Å². The Hall–Kier alpha value is -3.38. The van der Waals surface area contributed by atoms with Crippen LogP contribution in [0.2, 0.25) is 15.1 Å². The van der Waals surface area contributed by atoms with E-state index in [0.717, 1.165) is 36.4 Å². The normalized spacial score (nSPS) is 14.2. The Labute approximate surface area is 290 Å². The molecule has 3 aromatic rings. The number of methoxy groups -OCH3 is 3. The molecule has 0 bridgehead atoms. The van der Waals surface area contributed by atoms with Crippen LogP contribution in [-0.4, -0.2) is 65.1 Å². The van der Waals surface area contributed by atoms with Crippen LogP contribution in [0.5, 0.6) is 17.2 Å². The van der Waals surface area contributed by atoms with Gasteiger partial charge in [0.25, 0.3) is 10.0 Å². The van der Waals surface area contributed by atoms with Gasteiger partial charge < -0.3 is 24.4 Å². The van der Waals surface area contributed by atoms with Gasteiger partial charge in [0, 0.05) is 23.7 Å². The average molecular weight is 727 g/mol. The zero-order valence-corrected chi connectivity index (χ0v) is 29.7. The molecule has 1 N–H and O–H groups in total. The van der Waals surface area contributed by atoms with E-state index in [9.17, 15) is 18.0 Å². The van der Waals surface area contributed by atoms with Crippen molar-refractivity contribution >= 4 is 62.3 Å². The first-order chi connectivity index (χ1) is 22.4. The molecule has 4 rings (SSSR count). The second-order valence-electron chi connectivity index (χ2n) is 11.1. The van der Waals surface area contributed by atoms with Crippen molar-refractivity contribution in [1.82, 2.24) is 10.2 Å². The molecule has 254 valence electrons. The van der Waals surface area contributed by atoms with E-state index in [2.05, 4.69) is 5.32 Å². The van der Waals surface area contributed by atoms with Crippen LogP contribution < -0.4 is 23.8 Å². The molecule has 0 aromatic heterocycles. The Kier molecular flexibility index (Phi) is 12.5. The van der Waals surface area contributed by atoms with Crippen molar-refractivity contribution in [2.75, 3.05) is 32.2 Å². The molecular formula is C33H38Cl3N3O7S. The summed E-state index contributed by atoms with van der Waals surface area (Å²) in [5, 5.41) is 3.90. The van der Waals surface area contributed by atoms with E-state index in [1.807, 2.05) is 0 Å². The Morgan fingerprint density at radius 2 is 1.51 bits per heavy atom. The van der Waals surface area contributed by atoms with E-state index >= 15 is 0 Å². The van der Waals surface area contributed by atoms with Crippen LogP contribution in [0.25, 0.3) is 0 Å². The second kappa shape index (κ2) is 16.1. The molecule has 1 saturated carbocycles. The van der Waals surface area contributed by atoms with Gasteiger partial charge in [-0.15, -0.1) is 0 Å². The maximum atomic E-state index is 14.4. The van der Waals surface area contributed by atoms with Gasteiger partial charge >= 0.3 is 0 Å². The number of hydrogen-bond donors (Lipinski definition) is 1. The maximum absolute atomic E-state index is 14.4. The molecule has 14 heteroatoms. The average Bonchev–Trinajstić information content (AvgIpc) is 3.07. The first-order valence-corrected chi connectivity index (χ1v) is 17.6. The van der Waals surface area contributed by atoms with Gasteiger partial charge in [-0.3, -0.25) is 13.9 Å². The number of nitrogens with zero attached hydrogens (tertiary/aromatic N) is 2. The van der Waals surface area contributed by atoms with Crippen LogP contribution >= 0.6 is 34.8 Å². The molecule has 0 saturated heterocycles. The SMILES string of the molecule is COc1ccc(S(=O)(=O)N(CC(=O)N(Cc2ccc(Cl)c(Cl)c2)[C@H](C)C(=O)NC2CCCCC2)c2cc(Cl)ccc2OC)cc1OC. The largest absolute Gasteiger partial charge is 0.495 e.